The Balaban J connectivity index is 1.47. The maximum Gasteiger partial charge on any atom is 0.162 e. The molecule has 4 unspecified atom stereocenters. The van der Waals surface area contributed by atoms with E-state index in [9.17, 15) is 8.78 Å². The van der Waals surface area contributed by atoms with E-state index >= 15 is 0 Å². The molecule has 3 aliphatic rings. The first-order valence-corrected chi connectivity index (χ1v) is 8.67. The summed E-state index contributed by atoms with van der Waals surface area (Å²) in [4.78, 5) is 0. The summed E-state index contributed by atoms with van der Waals surface area (Å²) in [7, 11) is 0. The lowest BCUT2D eigenvalue weighted by Gasteiger charge is -2.41. The molecule has 4 atom stereocenters. The van der Waals surface area contributed by atoms with Crippen molar-refractivity contribution in [3.8, 4) is 0 Å². The minimum atomic E-state index is -1.04. The number of hydrogen-bond acceptors (Lipinski definition) is 3. The van der Waals surface area contributed by atoms with Crippen molar-refractivity contribution in [3.63, 3.8) is 0 Å². The molecule has 0 bridgehead atoms. The molecular weight excluding hydrogens is 290 g/mol. The summed E-state index contributed by atoms with van der Waals surface area (Å²) in [6.07, 6.45) is 0.402. The first-order chi connectivity index (χ1) is 10.5. The summed E-state index contributed by atoms with van der Waals surface area (Å²) in [6, 6.07) is 0. The van der Waals surface area contributed by atoms with Gasteiger partial charge in [-0.1, -0.05) is 13.8 Å². The molecule has 2 aliphatic heterocycles. The lowest BCUT2D eigenvalue weighted by atomic mass is 9.76. The largest absolute Gasteiger partial charge is 0.377 e. The third-order valence-corrected chi connectivity index (χ3v) is 5.54. The Morgan fingerprint density at radius 3 is 1.95 bits per heavy atom. The molecule has 3 nitrogen and oxygen atoms in total. The Bertz CT molecular complexity index is 340. The molecule has 1 saturated carbocycles. The van der Waals surface area contributed by atoms with Gasteiger partial charge in [0, 0.05) is 17.8 Å². The fourth-order valence-electron chi connectivity index (χ4n) is 3.90. The van der Waals surface area contributed by atoms with Gasteiger partial charge in [0.15, 0.2) is 6.29 Å². The minimum Gasteiger partial charge on any atom is -0.377 e. The van der Waals surface area contributed by atoms with Gasteiger partial charge in [0.05, 0.1) is 25.9 Å². The van der Waals surface area contributed by atoms with E-state index in [0.717, 1.165) is 26.1 Å². The van der Waals surface area contributed by atoms with Gasteiger partial charge in [-0.05, 0) is 31.6 Å². The molecule has 0 spiro atoms. The van der Waals surface area contributed by atoms with Crippen LogP contribution in [0.5, 0.6) is 0 Å². The molecule has 5 heteroatoms. The quantitative estimate of drug-likeness (QED) is 0.780. The van der Waals surface area contributed by atoms with Crippen LogP contribution in [0.3, 0.4) is 0 Å². The Morgan fingerprint density at radius 1 is 0.773 bits per heavy atom. The molecule has 3 fully saturated rings. The fraction of sp³-hybridized carbons (Fsp3) is 1.00. The molecule has 2 heterocycles. The summed E-state index contributed by atoms with van der Waals surface area (Å²) < 4.78 is 45.2. The van der Waals surface area contributed by atoms with Crippen molar-refractivity contribution in [1.29, 1.82) is 0 Å². The van der Waals surface area contributed by atoms with Crippen molar-refractivity contribution >= 4 is 0 Å². The molecule has 22 heavy (non-hydrogen) atoms. The van der Waals surface area contributed by atoms with Gasteiger partial charge in [-0.3, -0.25) is 0 Å². The molecule has 0 amide bonds. The summed E-state index contributed by atoms with van der Waals surface area (Å²) >= 11 is 0. The molecule has 0 aromatic carbocycles. The Hall–Kier alpha value is -0.260. The van der Waals surface area contributed by atoms with Crippen LogP contribution in [0.1, 0.15) is 39.5 Å². The summed E-state index contributed by atoms with van der Waals surface area (Å²) in [5.74, 6) is 0.225. The first kappa shape index (κ1) is 16.6. The second-order valence-corrected chi connectivity index (χ2v) is 7.47. The Kier molecular flexibility index (Phi) is 5.35. The zero-order valence-electron chi connectivity index (χ0n) is 13.5. The zero-order chi connectivity index (χ0) is 15.7. The standard InChI is InChI=1S/C17H28F2O3/c1-10-7-21-17(22-8-10)12-3-4-16(20-9-12)13-5-14(18)11(2)15(19)6-13/h10-17H,3-9H2,1-2H3. The molecule has 0 aromatic heterocycles. The topological polar surface area (TPSA) is 27.7 Å². The number of alkyl halides is 2. The second-order valence-electron chi connectivity index (χ2n) is 7.47. The predicted octanol–water partition coefficient (Wildman–Crippen LogP) is 3.51. The third-order valence-electron chi connectivity index (χ3n) is 5.54. The molecule has 128 valence electrons. The Morgan fingerprint density at radius 2 is 1.41 bits per heavy atom. The smallest absolute Gasteiger partial charge is 0.162 e. The van der Waals surface area contributed by atoms with Crippen LogP contribution in [-0.2, 0) is 14.2 Å². The third kappa shape index (κ3) is 3.62. The maximum absolute atomic E-state index is 13.9. The SMILES string of the molecule is CC1COC(C2CCC(C3CC(F)C(C)C(F)C3)OC2)OC1. The van der Waals surface area contributed by atoms with E-state index in [-0.39, 0.29) is 24.2 Å². The molecular formula is C17H28F2O3. The summed E-state index contributed by atoms with van der Waals surface area (Å²) in [5, 5.41) is 0. The van der Waals surface area contributed by atoms with Gasteiger partial charge < -0.3 is 14.2 Å². The highest BCUT2D eigenvalue weighted by Crippen LogP contribution is 2.39. The van der Waals surface area contributed by atoms with Crippen molar-refractivity contribution < 1.29 is 23.0 Å². The van der Waals surface area contributed by atoms with Gasteiger partial charge in [0.2, 0.25) is 0 Å². The Labute approximate surface area is 131 Å². The van der Waals surface area contributed by atoms with Gasteiger partial charge in [-0.2, -0.15) is 0 Å². The number of ether oxygens (including phenoxy) is 3. The van der Waals surface area contributed by atoms with E-state index in [0.29, 0.717) is 25.4 Å². The van der Waals surface area contributed by atoms with Gasteiger partial charge in [-0.25, -0.2) is 8.78 Å². The van der Waals surface area contributed by atoms with Crippen LogP contribution >= 0.6 is 0 Å². The average molecular weight is 318 g/mol. The molecule has 0 N–H and O–H groups in total. The first-order valence-electron chi connectivity index (χ1n) is 8.67. The molecule has 0 radical (unpaired) electrons. The van der Waals surface area contributed by atoms with Crippen LogP contribution < -0.4 is 0 Å². The van der Waals surface area contributed by atoms with E-state index < -0.39 is 18.3 Å². The van der Waals surface area contributed by atoms with E-state index in [4.69, 9.17) is 14.2 Å². The van der Waals surface area contributed by atoms with E-state index in [2.05, 4.69) is 6.92 Å². The van der Waals surface area contributed by atoms with Crippen molar-refractivity contribution in [2.75, 3.05) is 19.8 Å². The van der Waals surface area contributed by atoms with Crippen LogP contribution in [0, 0.1) is 23.7 Å². The minimum absolute atomic E-state index is 0.00960. The van der Waals surface area contributed by atoms with Crippen LogP contribution in [0.25, 0.3) is 0 Å². The highest BCUT2D eigenvalue weighted by atomic mass is 19.1. The average Bonchev–Trinajstić information content (AvgIpc) is 2.53. The van der Waals surface area contributed by atoms with E-state index in [1.807, 2.05) is 0 Å². The summed E-state index contributed by atoms with van der Waals surface area (Å²) in [6.45, 7) is 5.82. The normalized spacial score (nSPS) is 50.7. The lowest BCUT2D eigenvalue weighted by molar-refractivity contribution is -0.241. The highest BCUT2D eigenvalue weighted by Gasteiger charge is 2.41. The van der Waals surface area contributed by atoms with Crippen molar-refractivity contribution in [2.45, 2.75) is 64.3 Å². The van der Waals surface area contributed by atoms with E-state index in [1.54, 1.807) is 6.92 Å². The van der Waals surface area contributed by atoms with Crippen LogP contribution in [0.15, 0.2) is 0 Å². The zero-order valence-corrected chi connectivity index (χ0v) is 13.5. The monoisotopic (exact) mass is 318 g/mol. The van der Waals surface area contributed by atoms with Crippen LogP contribution in [0.2, 0.25) is 0 Å². The van der Waals surface area contributed by atoms with Crippen molar-refractivity contribution in [1.82, 2.24) is 0 Å². The highest BCUT2D eigenvalue weighted by molar-refractivity contribution is 4.89. The number of halogens is 2. The molecule has 0 aromatic rings. The van der Waals surface area contributed by atoms with Crippen molar-refractivity contribution in [3.05, 3.63) is 0 Å². The van der Waals surface area contributed by atoms with Crippen LogP contribution in [0.4, 0.5) is 8.78 Å². The number of hydrogen-bond donors (Lipinski definition) is 0. The lowest BCUT2D eigenvalue weighted by Crippen LogP contribution is -2.45. The van der Waals surface area contributed by atoms with Crippen LogP contribution in [-0.4, -0.2) is 44.6 Å². The maximum atomic E-state index is 13.9. The number of rotatable bonds is 2. The summed E-state index contributed by atoms with van der Waals surface area (Å²) in [5.41, 5.74) is 0. The second kappa shape index (κ2) is 7.10. The molecule has 1 aliphatic carbocycles. The molecule has 3 rings (SSSR count). The van der Waals surface area contributed by atoms with Gasteiger partial charge in [0.1, 0.15) is 12.3 Å². The van der Waals surface area contributed by atoms with Crippen molar-refractivity contribution in [2.24, 2.45) is 23.7 Å². The van der Waals surface area contributed by atoms with E-state index in [1.165, 1.54) is 0 Å². The fourth-order valence-corrected chi connectivity index (χ4v) is 3.90. The van der Waals surface area contributed by atoms with Gasteiger partial charge in [0.25, 0.3) is 0 Å². The van der Waals surface area contributed by atoms with Gasteiger partial charge in [-0.15, -0.1) is 0 Å². The predicted molar refractivity (Wildman–Crippen MR) is 79.0 cm³/mol. The molecule has 2 saturated heterocycles. The van der Waals surface area contributed by atoms with Gasteiger partial charge >= 0.3 is 0 Å².